The molecule has 1 aliphatic rings. The van der Waals surface area contributed by atoms with Crippen LogP contribution >= 0.6 is 0 Å². The first-order valence-corrected chi connectivity index (χ1v) is 36.0. The summed E-state index contributed by atoms with van der Waals surface area (Å²) in [6, 6.07) is -0.716. The number of aliphatic hydroxyl groups is 5. The van der Waals surface area contributed by atoms with Gasteiger partial charge in [-0.05, 0) is 44.9 Å². The molecule has 1 rings (SSSR count). The highest BCUT2D eigenvalue weighted by Gasteiger charge is 2.44. The predicted molar refractivity (Wildman–Crippen MR) is 346 cm³/mol. The minimum absolute atomic E-state index is 0.132. The van der Waals surface area contributed by atoms with Crippen LogP contribution in [0, 0.1) is 0 Å². The number of hydrogen-bond donors (Lipinski definition) is 6. The molecule has 1 amide bonds. The summed E-state index contributed by atoms with van der Waals surface area (Å²) >= 11 is 0. The van der Waals surface area contributed by atoms with Crippen LogP contribution in [0.25, 0.3) is 0 Å². The summed E-state index contributed by atoms with van der Waals surface area (Å²) in [7, 11) is 0. The Balaban J connectivity index is 2.03. The zero-order valence-electron chi connectivity index (χ0n) is 53.8. The van der Waals surface area contributed by atoms with E-state index in [1.807, 2.05) is 0 Å². The van der Waals surface area contributed by atoms with E-state index in [1.54, 1.807) is 0 Å². The first-order chi connectivity index (χ1) is 39.8. The van der Waals surface area contributed by atoms with Crippen LogP contribution in [0.1, 0.15) is 373 Å². The molecule has 7 atom stereocenters. The van der Waals surface area contributed by atoms with E-state index in [0.29, 0.717) is 12.8 Å². The van der Waals surface area contributed by atoms with Crippen molar-refractivity contribution in [1.82, 2.24) is 5.32 Å². The Hall–Kier alpha value is -1.33. The third-order valence-electron chi connectivity index (χ3n) is 17.6. The molecule has 0 radical (unpaired) electrons. The van der Waals surface area contributed by atoms with E-state index in [2.05, 4.69) is 43.5 Å². The number of allylic oxidation sites excluding steroid dienone is 4. The second-order valence-electron chi connectivity index (χ2n) is 25.4. The molecule has 0 spiro atoms. The van der Waals surface area contributed by atoms with E-state index in [-0.39, 0.29) is 12.5 Å². The monoisotopic (exact) mass is 1150 g/mol. The highest BCUT2D eigenvalue weighted by molar-refractivity contribution is 5.76. The minimum Gasteiger partial charge on any atom is -0.394 e. The van der Waals surface area contributed by atoms with Gasteiger partial charge in [0, 0.05) is 6.42 Å². The van der Waals surface area contributed by atoms with Crippen molar-refractivity contribution in [3.63, 3.8) is 0 Å². The van der Waals surface area contributed by atoms with E-state index < -0.39 is 49.5 Å². The van der Waals surface area contributed by atoms with Crippen molar-refractivity contribution in [3.8, 4) is 0 Å². The molecule has 7 unspecified atom stereocenters. The topological polar surface area (TPSA) is 149 Å². The lowest BCUT2D eigenvalue weighted by Gasteiger charge is -2.40. The molecular formula is C72H139NO8. The number of aliphatic hydroxyl groups excluding tert-OH is 5. The van der Waals surface area contributed by atoms with Crippen LogP contribution in [0.3, 0.4) is 0 Å². The first-order valence-electron chi connectivity index (χ1n) is 36.0. The Kier molecular flexibility index (Phi) is 59.2. The molecule has 480 valence electrons. The van der Waals surface area contributed by atoms with Gasteiger partial charge < -0.3 is 40.3 Å². The molecule has 1 aliphatic heterocycles. The quantitative estimate of drug-likeness (QED) is 0.0261. The molecule has 0 aliphatic carbocycles. The zero-order chi connectivity index (χ0) is 58.6. The Morgan fingerprint density at radius 2 is 0.728 bits per heavy atom. The first kappa shape index (κ1) is 77.7. The number of amides is 1. The van der Waals surface area contributed by atoms with Crippen molar-refractivity contribution in [3.05, 3.63) is 24.3 Å². The van der Waals surface area contributed by atoms with Crippen LogP contribution in [-0.4, -0.2) is 87.5 Å². The van der Waals surface area contributed by atoms with E-state index in [0.717, 1.165) is 44.9 Å². The van der Waals surface area contributed by atoms with Gasteiger partial charge in [0.2, 0.25) is 5.91 Å². The molecule has 0 saturated carbocycles. The number of carbonyl (C=O) groups is 1. The average molecular weight is 1150 g/mol. The summed E-state index contributed by atoms with van der Waals surface area (Å²) in [6.07, 6.45) is 74.1. The van der Waals surface area contributed by atoms with Crippen molar-refractivity contribution in [1.29, 1.82) is 0 Å². The lowest BCUT2D eigenvalue weighted by atomic mass is 9.99. The standard InChI is InChI=1S/C72H139NO8/c1-3-5-7-9-11-13-15-17-19-21-23-24-25-26-27-28-29-30-31-32-33-34-35-36-37-38-39-40-41-42-44-46-48-50-52-54-56-58-60-62-68(76)73-65(64-80-72-71(79)70(78)69(77)67(63-74)81-72)66(75)61-59-57-55-53-51-49-47-45-43-22-20-18-16-14-12-10-8-6-4-2/h15,17,21,23,65-67,69-72,74-75,77-79H,3-14,16,18-20,22,24-64H2,1-2H3,(H,73,76)/b17-15-,23-21-. The highest BCUT2D eigenvalue weighted by Crippen LogP contribution is 2.24. The third-order valence-corrected chi connectivity index (χ3v) is 17.6. The molecule has 9 heteroatoms. The smallest absolute Gasteiger partial charge is 0.220 e. The van der Waals surface area contributed by atoms with Crippen LogP contribution in [0.2, 0.25) is 0 Å². The number of rotatable bonds is 64. The molecule has 0 aromatic carbocycles. The molecule has 1 fully saturated rings. The number of ether oxygens (including phenoxy) is 2. The van der Waals surface area contributed by atoms with Crippen LogP contribution in [-0.2, 0) is 14.3 Å². The van der Waals surface area contributed by atoms with Crippen LogP contribution in [0.5, 0.6) is 0 Å². The maximum Gasteiger partial charge on any atom is 0.220 e. The Morgan fingerprint density at radius 3 is 1.06 bits per heavy atom. The van der Waals surface area contributed by atoms with E-state index >= 15 is 0 Å². The molecule has 81 heavy (non-hydrogen) atoms. The normalized spacial score (nSPS) is 18.4. The SMILES string of the molecule is CCCCCCC/C=C\C/C=C\CCCCCCCCCCCCCCCCCCCCCCCCCCCCCC(=O)NC(COC1OC(CO)C(O)C(O)C1O)C(O)CCCCCCCCCCCCCCCCCCCCC. The Bertz CT molecular complexity index is 1330. The fourth-order valence-corrected chi connectivity index (χ4v) is 11.9. The van der Waals surface area contributed by atoms with Crippen molar-refractivity contribution in [2.75, 3.05) is 13.2 Å². The van der Waals surface area contributed by atoms with Gasteiger partial charge in [-0.1, -0.05) is 346 Å². The van der Waals surface area contributed by atoms with Gasteiger partial charge in [-0.2, -0.15) is 0 Å². The summed E-state index contributed by atoms with van der Waals surface area (Å²) in [6.45, 7) is 3.88. The Morgan fingerprint density at radius 1 is 0.420 bits per heavy atom. The second-order valence-corrected chi connectivity index (χ2v) is 25.4. The predicted octanol–water partition coefficient (Wildman–Crippen LogP) is 19.6. The van der Waals surface area contributed by atoms with Gasteiger partial charge in [-0.25, -0.2) is 0 Å². The maximum absolute atomic E-state index is 13.1. The fraction of sp³-hybridized carbons (Fsp3) is 0.931. The minimum atomic E-state index is -1.55. The summed E-state index contributed by atoms with van der Waals surface area (Å²) in [5.74, 6) is -0.135. The largest absolute Gasteiger partial charge is 0.394 e. The van der Waals surface area contributed by atoms with Gasteiger partial charge in [-0.3, -0.25) is 4.79 Å². The molecule has 6 N–H and O–H groups in total. The number of nitrogens with one attached hydrogen (secondary N) is 1. The van der Waals surface area contributed by atoms with Crippen LogP contribution in [0.4, 0.5) is 0 Å². The average Bonchev–Trinajstić information content (AvgIpc) is 3.48. The molecule has 9 nitrogen and oxygen atoms in total. The summed E-state index contributed by atoms with van der Waals surface area (Å²) in [5, 5.41) is 54.9. The fourth-order valence-electron chi connectivity index (χ4n) is 11.9. The lowest BCUT2D eigenvalue weighted by molar-refractivity contribution is -0.302. The molecule has 1 saturated heterocycles. The van der Waals surface area contributed by atoms with E-state index in [4.69, 9.17) is 9.47 Å². The van der Waals surface area contributed by atoms with Gasteiger partial charge in [0.05, 0.1) is 25.4 Å². The number of hydrogen-bond acceptors (Lipinski definition) is 8. The van der Waals surface area contributed by atoms with E-state index in [1.165, 1.54) is 302 Å². The molecule has 0 aromatic rings. The maximum atomic E-state index is 13.1. The second kappa shape index (κ2) is 61.7. The molecule has 0 bridgehead atoms. The molecule has 0 aromatic heterocycles. The van der Waals surface area contributed by atoms with Gasteiger partial charge in [0.1, 0.15) is 24.4 Å². The van der Waals surface area contributed by atoms with Crippen LogP contribution in [0.15, 0.2) is 24.3 Å². The van der Waals surface area contributed by atoms with Crippen LogP contribution < -0.4 is 5.32 Å². The van der Waals surface area contributed by atoms with Gasteiger partial charge in [0.25, 0.3) is 0 Å². The van der Waals surface area contributed by atoms with Gasteiger partial charge in [0.15, 0.2) is 6.29 Å². The molecule has 1 heterocycles. The lowest BCUT2D eigenvalue weighted by Crippen LogP contribution is -2.60. The summed E-state index contributed by atoms with van der Waals surface area (Å²) < 4.78 is 11.4. The van der Waals surface area contributed by atoms with Crippen molar-refractivity contribution in [2.45, 2.75) is 416 Å². The van der Waals surface area contributed by atoms with Gasteiger partial charge in [-0.15, -0.1) is 0 Å². The zero-order valence-corrected chi connectivity index (χ0v) is 53.8. The van der Waals surface area contributed by atoms with E-state index in [9.17, 15) is 30.3 Å². The third kappa shape index (κ3) is 50.5. The molecular weight excluding hydrogens is 1010 g/mol. The Labute approximate surface area is 502 Å². The van der Waals surface area contributed by atoms with Crippen molar-refractivity contribution >= 4 is 5.91 Å². The summed E-state index contributed by atoms with van der Waals surface area (Å²) in [4.78, 5) is 13.1. The summed E-state index contributed by atoms with van der Waals surface area (Å²) in [5.41, 5.74) is 0. The van der Waals surface area contributed by atoms with Gasteiger partial charge >= 0.3 is 0 Å². The number of unbranched alkanes of at least 4 members (excludes halogenated alkanes) is 50. The highest BCUT2D eigenvalue weighted by atomic mass is 16.7. The van der Waals surface area contributed by atoms with Crippen molar-refractivity contribution in [2.24, 2.45) is 0 Å². The van der Waals surface area contributed by atoms with Crippen molar-refractivity contribution < 1.29 is 39.8 Å². The number of carbonyl (C=O) groups excluding carboxylic acids is 1.